The van der Waals surface area contributed by atoms with E-state index in [9.17, 15) is 4.79 Å². The molecule has 2 aromatic carbocycles. The first-order chi connectivity index (χ1) is 10.3. The maximum atomic E-state index is 12.0. The Morgan fingerprint density at radius 2 is 2.00 bits per heavy atom. The van der Waals surface area contributed by atoms with Gasteiger partial charge in [0, 0.05) is 11.5 Å². The summed E-state index contributed by atoms with van der Waals surface area (Å²) in [5, 5.41) is 2.64. The molecule has 22 heavy (non-hydrogen) atoms. The maximum absolute atomic E-state index is 12.0. The highest BCUT2D eigenvalue weighted by Crippen LogP contribution is 2.45. The minimum atomic E-state index is -0.558. The third-order valence-electron chi connectivity index (χ3n) is 4.72. The average molecular weight is 294 g/mol. The van der Waals surface area contributed by atoms with Crippen LogP contribution in [0.1, 0.15) is 43.4 Å². The molecular weight excluding hydrogens is 272 g/mol. The summed E-state index contributed by atoms with van der Waals surface area (Å²) in [6, 6.07) is 10.8. The number of rotatable bonds is 3. The highest BCUT2D eigenvalue weighted by molar-refractivity contribution is 5.94. The fourth-order valence-corrected chi connectivity index (χ4v) is 3.47. The Hall–Kier alpha value is -2.09. The molecule has 0 bridgehead atoms. The molecule has 0 fully saturated rings. The molecule has 0 heterocycles. The monoisotopic (exact) mass is 294 g/mol. The summed E-state index contributed by atoms with van der Waals surface area (Å²) in [6.07, 6.45) is 0.909. The molecule has 1 atom stereocenters. The topological polar surface area (TPSA) is 26.3 Å². The molecule has 0 saturated heterocycles. The van der Waals surface area contributed by atoms with Gasteiger partial charge in [-0.3, -0.25) is 0 Å². The fraction of sp³-hybridized carbons (Fsp3) is 0.350. The van der Waals surface area contributed by atoms with Gasteiger partial charge < -0.3 is 4.74 Å². The molecule has 0 amide bonds. The number of esters is 1. The van der Waals surface area contributed by atoms with Crippen molar-refractivity contribution in [2.75, 3.05) is 0 Å². The predicted octanol–water partition coefficient (Wildman–Crippen LogP) is 4.69. The smallest absolute Gasteiger partial charge is 0.333 e. The van der Waals surface area contributed by atoms with Crippen LogP contribution in [0.3, 0.4) is 0 Å². The molecule has 1 aliphatic rings. The van der Waals surface area contributed by atoms with Crippen molar-refractivity contribution in [2.45, 2.75) is 45.6 Å². The molecule has 0 saturated carbocycles. The van der Waals surface area contributed by atoms with Crippen molar-refractivity contribution in [1.29, 1.82) is 0 Å². The molecule has 0 N–H and O–H groups in total. The number of carbonyl (C=O) groups excluding carboxylic acids is 1. The van der Waals surface area contributed by atoms with E-state index in [2.05, 4.69) is 43.8 Å². The minimum Gasteiger partial charge on any atom is -0.456 e. The Kier molecular flexibility index (Phi) is 3.36. The molecule has 114 valence electrons. The Morgan fingerprint density at radius 3 is 2.68 bits per heavy atom. The highest BCUT2D eigenvalue weighted by Gasteiger charge is 2.39. The van der Waals surface area contributed by atoms with E-state index in [1.807, 2.05) is 13.8 Å². The van der Waals surface area contributed by atoms with Crippen LogP contribution in [0.25, 0.3) is 10.8 Å². The lowest BCUT2D eigenvalue weighted by Gasteiger charge is -2.32. The third kappa shape index (κ3) is 2.23. The number of aryl methyl sites for hydroxylation is 1. The van der Waals surface area contributed by atoms with Gasteiger partial charge in [-0.1, -0.05) is 36.9 Å². The van der Waals surface area contributed by atoms with Gasteiger partial charge in [0.2, 0.25) is 0 Å². The first kappa shape index (κ1) is 14.8. The summed E-state index contributed by atoms with van der Waals surface area (Å²) >= 11 is 0. The van der Waals surface area contributed by atoms with Gasteiger partial charge in [0.05, 0.1) is 0 Å². The van der Waals surface area contributed by atoms with E-state index in [0.717, 1.165) is 6.42 Å². The van der Waals surface area contributed by atoms with Crippen LogP contribution in [-0.4, -0.2) is 11.6 Å². The van der Waals surface area contributed by atoms with E-state index in [1.165, 1.54) is 27.5 Å². The molecule has 0 radical (unpaired) electrons. The first-order valence-electron chi connectivity index (χ1n) is 7.71. The van der Waals surface area contributed by atoms with E-state index in [0.29, 0.717) is 5.57 Å². The molecular formula is C20H22O2. The lowest BCUT2D eigenvalue weighted by molar-refractivity contribution is -0.153. The lowest BCUT2D eigenvalue weighted by Crippen LogP contribution is -2.35. The van der Waals surface area contributed by atoms with Gasteiger partial charge in [0.25, 0.3) is 0 Å². The quantitative estimate of drug-likeness (QED) is 0.606. The van der Waals surface area contributed by atoms with E-state index in [4.69, 9.17) is 4.74 Å². The lowest BCUT2D eigenvalue weighted by atomic mass is 9.84. The Balaban J connectivity index is 2.06. The fourth-order valence-electron chi connectivity index (χ4n) is 3.47. The van der Waals surface area contributed by atoms with Crippen LogP contribution >= 0.6 is 0 Å². The van der Waals surface area contributed by atoms with Crippen LogP contribution < -0.4 is 0 Å². The molecule has 3 rings (SSSR count). The van der Waals surface area contributed by atoms with Gasteiger partial charge in [-0.05, 0) is 61.6 Å². The van der Waals surface area contributed by atoms with E-state index >= 15 is 0 Å². The molecule has 1 aliphatic carbocycles. The molecule has 2 aromatic rings. The second kappa shape index (κ2) is 4.98. The van der Waals surface area contributed by atoms with Crippen molar-refractivity contribution >= 4 is 16.7 Å². The zero-order chi connectivity index (χ0) is 16.1. The van der Waals surface area contributed by atoms with Crippen LogP contribution in [-0.2, 0) is 16.0 Å². The van der Waals surface area contributed by atoms with E-state index in [-0.39, 0.29) is 11.9 Å². The summed E-state index contributed by atoms with van der Waals surface area (Å²) < 4.78 is 5.74. The molecule has 2 nitrogen and oxygen atoms in total. The van der Waals surface area contributed by atoms with Crippen molar-refractivity contribution in [3.05, 3.63) is 59.2 Å². The second-order valence-corrected chi connectivity index (χ2v) is 6.84. The van der Waals surface area contributed by atoms with Crippen molar-refractivity contribution < 1.29 is 9.53 Å². The minimum absolute atomic E-state index is 0.177. The van der Waals surface area contributed by atoms with Gasteiger partial charge in [-0.25, -0.2) is 4.79 Å². The molecule has 0 aromatic heterocycles. The highest BCUT2D eigenvalue weighted by atomic mass is 16.6. The SMILES string of the molecule is C=C(C)C(=O)OC(C)(C)C1Cc2cccc3c(C)ccc1c23. The number of hydrogen-bond donors (Lipinski definition) is 0. The van der Waals surface area contributed by atoms with Crippen molar-refractivity contribution in [2.24, 2.45) is 0 Å². The second-order valence-electron chi connectivity index (χ2n) is 6.84. The van der Waals surface area contributed by atoms with Crippen LogP contribution in [0.4, 0.5) is 0 Å². The zero-order valence-corrected chi connectivity index (χ0v) is 13.7. The third-order valence-corrected chi connectivity index (χ3v) is 4.72. The molecule has 1 unspecified atom stereocenters. The van der Waals surface area contributed by atoms with Crippen LogP contribution in [0.5, 0.6) is 0 Å². The zero-order valence-electron chi connectivity index (χ0n) is 13.7. The normalized spacial score (nSPS) is 16.8. The number of hydrogen-bond acceptors (Lipinski definition) is 2. The van der Waals surface area contributed by atoms with Crippen molar-refractivity contribution in [1.82, 2.24) is 0 Å². The number of carbonyl (C=O) groups is 1. The molecule has 0 aliphatic heterocycles. The summed E-state index contributed by atoms with van der Waals surface area (Å²) in [5.41, 5.74) is 3.81. The number of ether oxygens (including phenoxy) is 1. The first-order valence-corrected chi connectivity index (χ1v) is 7.71. The van der Waals surface area contributed by atoms with Crippen LogP contribution in [0, 0.1) is 6.92 Å². The van der Waals surface area contributed by atoms with Crippen molar-refractivity contribution in [3.63, 3.8) is 0 Å². The summed E-state index contributed by atoms with van der Waals surface area (Å²) in [6.45, 7) is 11.5. The van der Waals surface area contributed by atoms with Gasteiger partial charge in [-0.2, -0.15) is 0 Å². The van der Waals surface area contributed by atoms with Gasteiger partial charge in [-0.15, -0.1) is 0 Å². The predicted molar refractivity (Wildman–Crippen MR) is 90.1 cm³/mol. The maximum Gasteiger partial charge on any atom is 0.333 e. The van der Waals surface area contributed by atoms with Crippen LogP contribution in [0.2, 0.25) is 0 Å². The Bertz CT molecular complexity index is 784. The van der Waals surface area contributed by atoms with Gasteiger partial charge >= 0.3 is 5.97 Å². The number of benzene rings is 2. The van der Waals surface area contributed by atoms with Crippen molar-refractivity contribution in [3.8, 4) is 0 Å². The Morgan fingerprint density at radius 1 is 1.27 bits per heavy atom. The van der Waals surface area contributed by atoms with Crippen LogP contribution in [0.15, 0.2) is 42.5 Å². The van der Waals surface area contributed by atoms with E-state index in [1.54, 1.807) is 6.92 Å². The van der Waals surface area contributed by atoms with Gasteiger partial charge in [0.1, 0.15) is 5.60 Å². The summed E-state index contributed by atoms with van der Waals surface area (Å²) in [4.78, 5) is 12.0. The van der Waals surface area contributed by atoms with Gasteiger partial charge in [0.15, 0.2) is 0 Å². The summed E-state index contributed by atoms with van der Waals surface area (Å²) in [7, 11) is 0. The standard InChI is InChI=1S/C20H22O2/c1-12(2)19(21)22-20(4,5)17-11-14-7-6-8-15-13(3)9-10-16(17)18(14)15/h6-10,17H,1,11H2,2-5H3. The molecule has 2 heteroatoms. The Labute approximate surface area is 131 Å². The molecule has 0 spiro atoms. The largest absolute Gasteiger partial charge is 0.456 e. The summed E-state index contributed by atoms with van der Waals surface area (Å²) in [5.74, 6) is -0.138. The average Bonchev–Trinajstić information content (AvgIpc) is 2.83. The van der Waals surface area contributed by atoms with E-state index < -0.39 is 5.60 Å².